The first-order valence-electron chi connectivity index (χ1n) is 7.88. The monoisotopic (exact) mass is 351 g/mol. The molecule has 1 amide bonds. The highest BCUT2D eigenvalue weighted by Crippen LogP contribution is 2.20. The Hall–Kier alpha value is -1.92. The van der Waals surface area contributed by atoms with E-state index in [-0.39, 0.29) is 17.9 Å². The zero-order chi connectivity index (χ0) is 17.1. The largest absolute Gasteiger partial charge is 0.360 e. The number of nitrogens with zero attached hydrogens (tertiary/aromatic N) is 3. The summed E-state index contributed by atoms with van der Waals surface area (Å²) in [6.45, 7) is 5.28. The van der Waals surface area contributed by atoms with Crippen molar-refractivity contribution >= 4 is 17.5 Å². The molecule has 1 saturated heterocycles. The molecule has 0 atom stereocenters. The second-order valence-corrected chi connectivity index (χ2v) is 6.38. The molecule has 1 aromatic heterocycles. The lowest BCUT2D eigenvalue weighted by atomic mass is 10.1. The van der Waals surface area contributed by atoms with Crippen LogP contribution >= 0.6 is 11.6 Å². The van der Waals surface area contributed by atoms with Gasteiger partial charge in [0, 0.05) is 42.8 Å². The van der Waals surface area contributed by atoms with Gasteiger partial charge in [-0.2, -0.15) is 0 Å². The number of hydrogen-bond acceptors (Lipinski definition) is 4. The molecular weight excluding hydrogens is 333 g/mol. The maximum absolute atomic E-state index is 13.8. The number of piperazine rings is 1. The highest BCUT2D eigenvalue weighted by atomic mass is 35.5. The first-order valence-corrected chi connectivity index (χ1v) is 8.26. The predicted octanol–water partition coefficient (Wildman–Crippen LogP) is 2.66. The van der Waals surface area contributed by atoms with Crippen LogP contribution < -0.4 is 0 Å². The van der Waals surface area contributed by atoms with Crippen molar-refractivity contribution in [2.75, 3.05) is 26.2 Å². The van der Waals surface area contributed by atoms with Gasteiger partial charge in [-0.15, -0.1) is 0 Å². The second kappa shape index (κ2) is 7.32. The van der Waals surface area contributed by atoms with E-state index in [4.69, 9.17) is 16.1 Å². The van der Waals surface area contributed by atoms with E-state index in [0.717, 1.165) is 24.5 Å². The molecular formula is C17H19ClFN3O2. The number of rotatable bonds is 4. The third kappa shape index (κ3) is 3.94. The number of aromatic nitrogens is 1. The summed E-state index contributed by atoms with van der Waals surface area (Å²) >= 11 is 5.99. The highest BCUT2D eigenvalue weighted by molar-refractivity contribution is 6.31. The number of carbonyl (C=O) groups excluding carboxylic acids is 1. The van der Waals surface area contributed by atoms with E-state index in [1.54, 1.807) is 11.0 Å². The van der Waals surface area contributed by atoms with Crippen LogP contribution in [0.2, 0.25) is 5.02 Å². The predicted molar refractivity (Wildman–Crippen MR) is 88.2 cm³/mol. The highest BCUT2D eigenvalue weighted by Gasteiger charge is 2.23. The van der Waals surface area contributed by atoms with Gasteiger partial charge in [-0.3, -0.25) is 9.69 Å². The van der Waals surface area contributed by atoms with Crippen molar-refractivity contribution in [1.29, 1.82) is 0 Å². The van der Waals surface area contributed by atoms with E-state index in [0.29, 0.717) is 24.7 Å². The van der Waals surface area contributed by atoms with Crippen LogP contribution in [-0.2, 0) is 17.8 Å². The van der Waals surface area contributed by atoms with Gasteiger partial charge in [0.2, 0.25) is 5.91 Å². The molecule has 0 saturated carbocycles. The molecule has 0 unspecified atom stereocenters. The summed E-state index contributed by atoms with van der Waals surface area (Å²) in [5.74, 6) is 0.290. The lowest BCUT2D eigenvalue weighted by Gasteiger charge is -2.34. The zero-order valence-corrected chi connectivity index (χ0v) is 14.2. The first-order chi connectivity index (χ1) is 11.5. The van der Waals surface area contributed by atoms with Crippen molar-refractivity contribution in [2.45, 2.75) is 19.9 Å². The van der Waals surface area contributed by atoms with E-state index in [1.165, 1.54) is 12.1 Å². The SMILES string of the molecule is Cc1cc(CN2CCN(C(=O)Cc3c(F)cccc3Cl)CC2)on1. The lowest BCUT2D eigenvalue weighted by Crippen LogP contribution is -2.48. The quantitative estimate of drug-likeness (QED) is 0.849. The van der Waals surface area contributed by atoms with Crippen molar-refractivity contribution < 1.29 is 13.7 Å². The molecule has 24 heavy (non-hydrogen) atoms. The average Bonchev–Trinajstić information content (AvgIpc) is 2.96. The number of hydrogen-bond donors (Lipinski definition) is 0. The Morgan fingerprint density at radius 3 is 2.71 bits per heavy atom. The van der Waals surface area contributed by atoms with Crippen molar-refractivity contribution in [3.8, 4) is 0 Å². The van der Waals surface area contributed by atoms with Crippen molar-refractivity contribution in [1.82, 2.24) is 15.0 Å². The number of benzene rings is 1. The van der Waals surface area contributed by atoms with Crippen LogP contribution in [0.15, 0.2) is 28.8 Å². The molecule has 7 heteroatoms. The fourth-order valence-corrected chi connectivity index (χ4v) is 3.06. The fraction of sp³-hybridized carbons (Fsp3) is 0.412. The average molecular weight is 352 g/mol. The van der Waals surface area contributed by atoms with Gasteiger partial charge in [-0.1, -0.05) is 22.8 Å². The van der Waals surface area contributed by atoms with Gasteiger partial charge in [0.05, 0.1) is 18.7 Å². The van der Waals surface area contributed by atoms with Crippen LogP contribution in [0.3, 0.4) is 0 Å². The number of halogens is 2. The first kappa shape index (κ1) is 16.9. The molecule has 0 bridgehead atoms. The van der Waals surface area contributed by atoms with Gasteiger partial charge in [0.1, 0.15) is 5.82 Å². The summed E-state index contributed by atoms with van der Waals surface area (Å²) in [7, 11) is 0. The van der Waals surface area contributed by atoms with Crippen LogP contribution in [0.1, 0.15) is 17.0 Å². The minimum absolute atomic E-state index is 0.00714. The van der Waals surface area contributed by atoms with Crippen LogP contribution in [0.4, 0.5) is 4.39 Å². The maximum atomic E-state index is 13.8. The van der Waals surface area contributed by atoms with Crippen molar-refractivity contribution in [2.24, 2.45) is 0 Å². The Morgan fingerprint density at radius 1 is 1.33 bits per heavy atom. The molecule has 0 radical (unpaired) electrons. The Kier molecular flexibility index (Phi) is 5.16. The standard InChI is InChI=1S/C17H19ClFN3O2/c1-12-9-13(24-20-12)11-21-5-7-22(8-6-21)17(23)10-14-15(18)3-2-4-16(14)19/h2-4,9H,5-8,10-11H2,1H3. The van der Waals surface area contributed by atoms with E-state index in [9.17, 15) is 9.18 Å². The summed E-state index contributed by atoms with van der Waals surface area (Å²) in [5, 5.41) is 4.17. The van der Waals surface area contributed by atoms with Gasteiger partial charge in [-0.05, 0) is 19.1 Å². The zero-order valence-electron chi connectivity index (χ0n) is 13.5. The normalized spacial score (nSPS) is 15.7. The minimum Gasteiger partial charge on any atom is -0.360 e. The van der Waals surface area contributed by atoms with Gasteiger partial charge < -0.3 is 9.42 Å². The molecule has 2 aromatic rings. The third-order valence-electron chi connectivity index (χ3n) is 4.17. The van der Waals surface area contributed by atoms with Crippen LogP contribution in [0.25, 0.3) is 0 Å². The molecule has 128 valence electrons. The van der Waals surface area contributed by atoms with Crippen molar-refractivity contribution in [3.63, 3.8) is 0 Å². The Morgan fingerprint density at radius 2 is 2.08 bits per heavy atom. The topological polar surface area (TPSA) is 49.6 Å². The van der Waals surface area contributed by atoms with E-state index in [2.05, 4.69) is 10.1 Å². The molecule has 0 spiro atoms. The van der Waals surface area contributed by atoms with Gasteiger partial charge in [-0.25, -0.2) is 4.39 Å². The van der Waals surface area contributed by atoms with Crippen LogP contribution in [0.5, 0.6) is 0 Å². The van der Waals surface area contributed by atoms with Crippen LogP contribution in [0, 0.1) is 12.7 Å². The van der Waals surface area contributed by atoms with Crippen LogP contribution in [-0.4, -0.2) is 47.0 Å². The summed E-state index contributed by atoms with van der Waals surface area (Å²) in [6, 6.07) is 6.38. The molecule has 0 aliphatic carbocycles. The Balaban J connectivity index is 1.53. The number of aryl methyl sites for hydroxylation is 1. The summed E-state index contributed by atoms with van der Waals surface area (Å²) in [6.07, 6.45) is -0.00714. The molecule has 1 fully saturated rings. The van der Waals surface area contributed by atoms with Gasteiger partial charge in [0.25, 0.3) is 0 Å². The molecule has 5 nitrogen and oxygen atoms in total. The smallest absolute Gasteiger partial charge is 0.227 e. The maximum Gasteiger partial charge on any atom is 0.227 e. The summed E-state index contributed by atoms with van der Waals surface area (Å²) in [4.78, 5) is 16.4. The fourth-order valence-electron chi connectivity index (χ4n) is 2.83. The Bertz CT molecular complexity index is 706. The molecule has 3 rings (SSSR count). The minimum atomic E-state index is -0.435. The number of carbonyl (C=O) groups is 1. The van der Waals surface area contributed by atoms with E-state index >= 15 is 0 Å². The molecule has 0 N–H and O–H groups in total. The second-order valence-electron chi connectivity index (χ2n) is 5.97. The molecule has 1 aliphatic rings. The van der Waals surface area contributed by atoms with E-state index < -0.39 is 5.82 Å². The van der Waals surface area contributed by atoms with Crippen molar-refractivity contribution in [3.05, 3.63) is 52.1 Å². The molecule has 1 aliphatic heterocycles. The lowest BCUT2D eigenvalue weighted by molar-refractivity contribution is -0.132. The Labute approximate surface area is 145 Å². The van der Waals surface area contributed by atoms with Gasteiger partial charge in [0.15, 0.2) is 5.76 Å². The van der Waals surface area contributed by atoms with Gasteiger partial charge >= 0.3 is 0 Å². The van der Waals surface area contributed by atoms with E-state index in [1.807, 2.05) is 13.0 Å². The third-order valence-corrected chi connectivity index (χ3v) is 4.53. The summed E-state index contributed by atoms with van der Waals surface area (Å²) < 4.78 is 19.0. The molecule has 1 aromatic carbocycles. The molecule has 2 heterocycles. The number of amides is 1. The summed E-state index contributed by atoms with van der Waals surface area (Å²) in [5.41, 5.74) is 1.13.